The fourth-order valence-electron chi connectivity index (χ4n) is 3.80. The van der Waals surface area contributed by atoms with Gasteiger partial charge >= 0.3 is 5.84 Å². The van der Waals surface area contributed by atoms with Gasteiger partial charge in [-0.25, -0.2) is 0 Å². The van der Waals surface area contributed by atoms with Crippen molar-refractivity contribution >= 4 is 36.1 Å². The molecule has 2 N–H and O–H groups in total. The summed E-state index contributed by atoms with van der Waals surface area (Å²) < 4.78 is 3.77. The van der Waals surface area contributed by atoms with Gasteiger partial charge < -0.3 is 10.1 Å². The minimum Gasteiger partial charge on any atom is -0.493 e. The van der Waals surface area contributed by atoms with Gasteiger partial charge in [0.15, 0.2) is 10.1 Å². The molecule has 2 aliphatic heterocycles. The Labute approximate surface area is 167 Å². The van der Waals surface area contributed by atoms with Gasteiger partial charge in [0.05, 0.1) is 18.7 Å². The lowest BCUT2D eigenvalue weighted by Crippen LogP contribution is -2.36. The number of aryl methyl sites for hydroxylation is 1. The van der Waals surface area contributed by atoms with E-state index in [1.165, 1.54) is 17.9 Å². The van der Waals surface area contributed by atoms with Crippen LogP contribution in [0.5, 0.6) is 5.88 Å². The number of aromatic hydroxyl groups is 1. The van der Waals surface area contributed by atoms with E-state index in [0.717, 1.165) is 53.5 Å². The van der Waals surface area contributed by atoms with Crippen molar-refractivity contribution < 1.29 is 14.5 Å². The highest BCUT2D eigenvalue weighted by atomic mass is 32.1. The summed E-state index contributed by atoms with van der Waals surface area (Å²) in [7, 11) is 0. The van der Waals surface area contributed by atoms with Gasteiger partial charge in [0, 0.05) is 12.1 Å². The van der Waals surface area contributed by atoms with Gasteiger partial charge in [0.25, 0.3) is 0 Å². The van der Waals surface area contributed by atoms with Crippen LogP contribution in [0.25, 0.3) is 12.2 Å². The largest absolute Gasteiger partial charge is 0.493 e. The molecule has 3 heterocycles. The van der Waals surface area contributed by atoms with Gasteiger partial charge in [-0.1, -0.05) is 11.6 Å². The lowest BCUT2D eigenvalue weighted by atomic mass is 10.1. The maximum absolute atomic E-state index is 12.1. The second kappa shape index (κ2) is 7.31. The van der Waals surface area contributed by atoms with Gasteiger partial charge in [-0.2, -0.15) is 0 Å². The molecule has 1 aromatic heterocycles. The number of fused-ring (bicyclic) bond motifs is 1. The Hall–Kier alpha value is -2.80. The van der Waals surface area contributed by atoms with E-state index in [2.05, 4.69) is 27.8 Å². The zero-order valence-corrected chi connectivity index (χ0v) is 16.8. The average Bonchev–Trinajstić information content (AvgIpc) is 2.95. The average molecular weight is 396 g/mol. The van der Waals surface area contributed by atoms with Crippen molar-refractivity contribution in [3.63, 3.8) is 0 Å². The van der Waals surface area contributed by atoms with Gasteiger partial charge in [-0.15, -0.1) is 0 Å². The Morgan fingerprint density at radius 2 is 2.07 bits per heavy atom. The van der Waals surface area contributed by atoms with E-state index in [1.807, 2.05) is 13.0 Å². The summed E-state index contributed by atoms with van der Waals surface area (Å²) in [5.74, 6) is 0.503. The van der Waals surface area contributed by atoms with Crippen LogP contribution in [0.2, 0.25) is 0 Å². The third-order valence-corrected chi connectivity index (χ3v) is 5.44. The standard InChI is InChI=1S/C21H22N4O2S/c1-13-6-7-17-15(10-13)11-16(19(22-17)24-8-4-3-5-9-24)12-18-20(27)23-21(28)25(18)14(2)26/h6-7,10-12H,3-5,8-9H2,1-2H3,(H,23,27,28)/p+1. The summed E-state index contributed by atoms with van der Waals surface area (Å²) in [5.41, 5.74) is 2.37. The lowest BCUT2D eigenvalue weighted by Gasteiger charge is -2.16. The molecule has 0 saturated carbocycles. The van der Waals surface area contributed by atoms with E-state index in [-0.39, 0.29) is 16.6 Å². The van der Waals surface area contributed by atoms with Crippen molar-refractivity contribution in [3.8, 4) is 5.88 Å². The Bertz CT molecular complexity index is 1210. The van der Waals surface area contributed by atoms with E-state index in [9.17, 15) is 9.90 Å². The number of piperidine rings is 1. The Kier molecular flexibility index (Phi) is 4.85. The number of imidazole rings is 1. The van der Waals surface area contributed by atoms with Crippen LogP contribution in [0.3, 0.4) is 0 Å². The third kappa shape index (κ3) is 3.38. The molecular formula is C21H23N4O2S+. The maximum atomic E-state index is 12.1. The minimum absolute atomic E-state index is 0.117. The normalized spacial score (nSPS) is 17.9. The molecule has 0 radical (unpaired) electrons. The molecule has 0 atom stereocenters. The summed E-state index contributed by atoms with van der Waals surface area (Å²) in [6.07, 6.45) is 7.35. The van der Waals surface area contributed by atoms with Crippen LogP contribution in [-0.4, -0.2) is 44.1 Å². The highest BCUT2D eigenvalue weighted by Crippen LogP contribution is 2.22. The molecule has 0 bridgehead atoms. The van der Waals surface area contributed by atoms with Crippen LogP contribution in [0, 0.1) is 11.7 Å². The molecule has 2 aliphatic rings. The van der Waals surface area contributed by atoms with E-state index < -0.39 is 0 Å². The smallest absolute Gasteiger partial charge is 0.326 e. The van der Waals surface area contributed by atoms with Crippen LogP contribution in [0.4, 0.5) is 0 Å². The summed E-state index contributed by atoms with van der Waals surface area (Å²) in [6, 6.07) is 6.19. The van der Waals surface area contributed by atoms with Crippen molar-refractivity contribution in [2.75, 3.05) is 13.1 Å². The number of H-pyrrole nitrogens is 1. The molecule has 2 aromatic rings. The molecule has 0 spiro atoms. The number of hydrogen-bond donors (Lipinski definition) is 2. The van der Waals surface area contributed by atoms with Crippen molar-refractivity contribution in [2.24, 2.45) is 4.99 Å². The highest BCUT2D eigenvalue weighted by molar-refractivity contribution is 7.71. The van der Waals surface area contributed by atoms with Gasteiger partial charge in [-0.05, 0) is 67.7 Å². The van der Waals surface area contributed by atoms with Gasteiger partial charge in [0.1, 0.15) is 5.69 Å². The Morgan fingerprint density at radius 1 is 1.32 bits per heavy atom. The Morgan fingerprint density at radius 3 is 2.79 bits per heavy atom. The topological polar surface area (TPSA) is 73.4 Å². The van der Waals surface area contributed by atoms with Crippen molar-refractivity contribution in [1.82, 2.24) is 9.55 Å². The van der Waals surface area contributed by atoms with E-state index in [1.54, 1.807) is 6.08 Å². The molecule has 7 heteroatoms. The first-order valence-electron chi connectivity index (χ1n) is 9.50. The fraction of sp³-hybridized carbons (Fsp3) is 0.333. The molecule has 1 saturated heterocycles. The second-order valence-corrected chi connectivity index (χ2v) is 7.69. The summed E-state index contributed by atoms with van der Waals surface area (Å²) in [4.78, 5) is 19.7. The number of aromatic nitrogens is 2. The first-order chi connectivity index (χ1) is 13.4. The van der Waals surface area contributed by atoms with Crippen molar-refractivity contribution in [3.05, 3.63) is 50.4 Å². The molecule has 0 unspecified atom stereocenters. The van der Waals surface area contributed by atoms with Crippen molar-refractivity contribution in [1.29, 1.82) is 0 Å². The van der Waals surface area contributed by atoms with Crippen LogP contribution >= 0.6 is 12.2 Å². The maximum Gasteiger partial charge on any atom is 0.326 e. The monoisotopic (exact) mass is 395 g/mol. The van der Waals surface area contributed by atoms with Gasteiger partial charge in [-0.3, -0.25) is 13.9 Å². The first-order valence-corrected chi connectivity index (χ1v) is 9.91. The zero-order valence-electron chi connectivity index (χ0n) is 16.0. The molecule has 144 valence electrons. The third-order valence-electron chi connectivity index (χ3n) is 5.15. The SMILES string of the molecule is CC(=O)n1c(/C=C2\C=c3cc(C)ccc3=NC2=[N+]2CCCCC2)c(O)[nH]c1=S. The van der Waals surface area contributed by atoms with E-state index in [0.29, 0.717) is 5.69 Å². The quantitative estimate of drug-likeness (QED) is 0.575. The Balaban J connectivity index is 1.99. The minimum atomic E-state index is -0.253. The van der Waals surface area contributed by atoms with E-state index in [4.69, 9.17) is 17.2 Å². The molecule has 1 fully saturated rings. The number of amidine groups is 1. The summed E-state index contributed by atoms with van der Waals surface area (Å²) >= 11 is 5.19. The number of benzene rings is 1. The fourth-order valence-corrected chi connectivity index (χ4v) is 4.12. The lowest BCUT2D eigenvalue weighted by molar-refractivity contribution is -0.537. The summed E-state index contributed by atoms with van der Waals surface area (Å²) in [5, 5.41) is 12.3. The first kappa shape index (κ1) is 18.6. The number of carbonyl (C=O) groups is 1. The second-order valence-electron chi connectivity index (χ2n) is 7.31. The zero-order chi connectivity index (χ0) is 19.8. The molecule has 4 rings (SSSR count). The van der Waals surface area contributed by atoms with Crippen LogP contribution in [0.15, 0.2) is 28.8 Å². The van der Waals surface area contributed by atoms with Crippen LogP contribution in [-0.2, 0) is 0 Å². The summed E-state index contributed by atoms with van der Waals surface area (Å²) in [6.45, 7) is 5.37. The van der Waals surface area contributed by atoms with Crippen LogP contribution in [0.1, 0.15) is 42.2 Å². The van der Waals surface area contributed by atoms with Crippen LogP contribution < -0.4 is 10.6 Å². The number of hydrogen-bond acceptors (Lipinski definition) is 3. The number of carbonyl (C=O) groups excluding carboxylic acids is 1. The molecule has 28 heavy (non-hydrogen) atoms. The number of nitrogens with one attached hydrogen (secondary N) is 1. The highest BCUT2D eigenvalue weighted by Gasteiger charge is 2.25. The molecular weight excluding hydrogens is 372 g/mol. The predicted molar refractivity (Wildman–Crippen MR) is 111 cm³/mol. The number of rotatable bonds is 1. The van der Waals surface area contributed by atoms with E-state index >= 15 is 0 Å². The molecule has 0 aliphatic carbocycles. The number of nitrogens with zero attached hydrogens (tertiary/aromatic N) is 3. The molecule has 0 amide bonds. The van der Waals surface area contributed by atoms with Crippen molar-refractivity contribution in [2.45, 2.75) is 33.1 Å². The van der Waals surface area contributed by atoms with Gasteiger partial charge in [0.2, 0.25) is 11.8 Å². The number of aromatic amines is 1. The molecule has 1 aromatic carbocycles. The predicted octanol–water partition coefficient (Wildman–Crippen LogP) is 2.31. The molecule has 6 nitrogen and oxygen atoms in total.